The van der Waals surface area contributed by atoms with Crippen molar-refractivity contribution in [2.75, 3.05) is 11.9 Å². The van der Waals surface area contributed by atoms with Crippen LogP contribution in [-0.2, 0) is 19.9 Å². The van der Waals surface area contributed by atoms with E-state index in [1.807, 2.05) is 0 Å². The van der Waals surface area contributed by atoms with E-state index >= 15 is 0 Å². The maximum atomic E-state index is 11.4. The normalized spacial score (nSPS) is 11.5. The number of nitrogens with one attached hydrogen (secondary N) is 1. The third-order valence-electron chi connectivity index (χ3n) is 2.79. The van der Waals surface area contributed by atoms with Crippen molar-refractivity contribution >= 4 is 35.2 Å². The molecule has 0 spiro atoms. The lowest BCUT2D eigenvalue weighted by molar-refractivity contribution is -0.137. The van der Waals surface area contributed by atoms with Gasteiger partial charge in [0.1, 0.15) is 0 Å². The molecule has 0 saturated heterocycles. The Bertz CT molecular complexity index is 603. The maximum absolute atomic E-state index is 11.4. The fourth-order valence-electron chi connectivity index (χ4n) is 1.84. The van der Waals surface area contributed by atoms with Crippen LogP contribution in [-0.4, -0.2) is 23.6 Å². The summed E-state index contributed by atoms with van der Waals surface area (Å²) in [5, 5.41) is 13.1. The predicted octanol–water partition coefficient (Wildman–Crippen LogP) is 3.10. The molecule has 0 bridgehead atoms. The van der Waals surface area contributed by atoms with E-state index in [9.17, 15) is 14.7 Å². The lowest BCUT2D eigenvalue weighted by Crippen LogP contribution is -2.17. The molecule has 0 atom stereocenters. The van der Waals surface area contributed by atoms with Gasteiger partial charge in [0, 0.05) is 29.3 Å². The SMILES string of the molecule is CCOC(=O)C=Cc1cc(C(C)(C)O)c(Cl)cc1NC(C)=O. The van der Waals surface area contributed by atoms with E-state index in [1.165, 1.54) is 19.1 Å². The molecule has 2 N–H and O–H groups in total. The molecule has 1 aromatic rings. The summed E-state index contributed by atoms with van der Waals surface area (Å²) in [6.07, 6.45) is 2.76. The number of esters is 1. The summed E-state index contributed by atoms with van der Waals surface area (Å²) in [6.45, 7) is 6.56. The smallest absolute Gasteiger partial charge is 0.330 e. The molecule has 0 saturated carbocycles. The lowest BCUT2D eigenvalue weighted by Gasteiger charge is -2.21. The van der Waals surface area contributed by atoms with Crippen LogP contribution >= 0.6 is 11.6 Å². The van der Waals surface area contributed by atoms with Gasteiger partial charge in [0.15, 0.2) is 0 Å². The number of carbonyl (C=O) groups excluding carboxylic acids is 2. The van der Waals surface area contributed by atoms with Crippen molar-refractivity contribution in [1.29, 1.82) is 0 Å². The van der Waals surface area contributed by atoms with Gasteiger partial charge in [-0.1, -0.05) is 11.6 Å². The Hall–Kier alpha value is -1.85. The average molecular weight is 326 g/mol. The monoisotopic (exact) mass is 325 g/mol. The fourth-order valence-corrected chi connectivity index (χ4v) is 2.24. The summed E-state index contributed by atoms with van der Waals surface area (Å²) in [6, 6.07) is 3.17. The van der Waals surface area contributed by atoms with Crippen LogP contribution in [0.3, 0.4) is 0 Å². The Balaban J connectivity index is 3.30. The van der Waals surface area contributed by atoms with Gasteiger partial charge in [-0.05, 0) is 44.5 Å². The van der Waals surface area contributed by atoms with Gasteiger partial charge >= 0.3 is 5.97 Å². The molecule has 0 aliphatic heterocycles. The standard InChI is InChI=1S/C16H20ClNO4/c1-5-22-15(20)7-6-11-8-12(16(3,4)21)13(17)9-14(11)18-10(2)19/h6-9,21H,5H2,1-4H3,(H,18,19). The Morgan fingerprint density at radius 1 is 1.41 bits per heavy atom. The minimum atomic E-state index is -1.15. The molecule has 5 nitrogen and oxygen atoms in total. The molecule has 0 heterocycles. The number of carbonyl (C=O) groups is 2. The van der Waals surface area contributed by atoms with Crippen molar-refractivity contribution < 1.29 is 19.4 Å². The number of rotatable bonds is 5. The zero-order chi connectivity index (χ0) is 16.9. The second-order valence-electron chi connectivity index (χ2n) is 5.24. The van der Waals surface area contributed by atoms with E-state index in [0.717, 1.165) is 0 Å². The van der Waals surface area contributed by atoms with Gasteiger partial charge in [-0.2, -0.15) is 0 Å². The zero-order valence-corrected chi connectivity index (χ0v) is 13.8. The summed E-state index contributed by atoms with van der Waals surface area (Å²) in [4.78, 5) is 22.7. The molecule has 0 aliphatic carbocycles. The molecule has 120 valence electrons. The summed E-state index contributed by atoms with van der Waals surface area (Å²) >= 11 is 6.15. The predicted molar refractivity (Wildman–Crippen MR) is 86.7 cm³/mol. The van der Waals surface area contributed by atoms with Gasteiger partial charge < -0.3 is 15.2 Å². The molecular formula is C16H20ClNO4. The van der Waals surface area contributed by atoms with Gasteiger partial charge in [0.2, 0.25) is 5.91 Å². The van der Waals surface area contributed by atoms with Crippen LogP contribution in [0.2, 0.25) is 5.02 Å². The number of benzene rings is 1. The highest BCUT2D eigenvalue weighted by Gasteiger charge is 2.21. The van der Waals surface area contributed by atoms with E-state index in [-0.39, 0.29) is 12.5 Å². The van der Waals surface area contributed by atoms with E-state index in [1.54, 1.807) is 32.9 Å². The van der Waals surface area contributed by atoms with Gasteiger partial charge in [-0.15, -0.1) is 0 Å². The topological polar surface area (TPSA) is 75.6 Å². The molecular weight excluding hydrogens is 306 g/mol. The quantitative estimate of drug-likeness (QED) is 0.644. The Morgan fingerprint density at radius 3 is 2.55 bits per heavy atom. The summed E-state index contributed by atoms with van der Waals surface area (Å²) in [7, 11) is 0. The van der Waals surface area contributed by atoms with Crippen LogP contribution in [0.4, 0.5) is 5.69 Å². The number of amides is 1. The zero-order valence-electron chi connectivity index (χ0n) is 13.1. The van der Waals surface area contributed by atoms with Crippen molar-refractivity contribution in [3.8, 4) is 0 Å². The summed E-state index contributed by atoms with van der Waals surface area (Å²) < 4.78 is 4.82. The summed E-state index contributed by atoms with van der Waals surface area (Å²) in [5.41, 5.74) is 0.334. The second kappa shape index (κ2) is 7.42. The van der Waals surface area contributed by atoms with Gasteiger partial charge in [-0.25, -0.2) is 4.79 Å². The van der Waals surface area contributed by atoms with Gasteiger partial charge in [0.25, 0.3) is 0 Å². The number of ether oxygens (including phenoxy) is 1. The number of halogens is 1. The number of anilines is 1. The third kappa shape index (κ3) is 5.16. The van der Waals surface area contributed by atoms with Crippen LogP contribution < -0.4 is 5.32 Å². The van der Waals surface area contributed by atoms with E-state index in [4.69, 9.17) is 16.3 Å². The van der Waals surface area contributed by atoms with Crippen molar-refractivity contribution in [1.82, 2.24) is 0 Å². The first kappa shape index (κ1) is 18.2. The maximum Gasteiger partial charge on any atom is 0.330 e. The Labute approximate surface area is 134 Å². The fraction of sp³-hybridized carbons (Fsp3) is 0.375. The number of aliphatic hydroxyl groups is 1. The lowest BCUT2D eigenvalue weighted by atomic mass is 9.95. The molecule has 1 aromatic carbocycles. The van der Waals surface area contributed by atoms with E-state index in [2.05, 4.69) is 5.32 Å². The van der Waals surface area contributed by atoms with E-state index in [0.29, 0.717) is 21.8 Å². The van der Waals surface area contributed by atoms with Crippen LogP contribution in [0.15, 0.2) is 18.2 Å². The third-order valence-corrected chi connectivity index (χ3v) is 3.11. The molecule has 6 heteroatoms. The minimum Gasteiger partial charge on any atom is -0.463 e. The van der Waals surface area contributed by atoms with Crippen molar-refractivity contribution in [3.05, 3.63) is 34.4 Å². The Morgan fingerprint density at radius 2 is 2.05 bits per heavy atom. The Kier molecular flexibility index (Phi) is 6.14. The first-order chi connectivity index (χ1) is 10.1. The average Bonchev–Trinajstić information content (AvgIpc) is 2.35. The van der Waals surface area contributed by atoms with Crippen LogP contribution in [0.25, 0.3) is 6.08 Å². The largest absolute Gasteiger partial charge is 0.463 e. The van der Waals surface area contributed by atoms with Gasteiger partial charge in [-0.3, -0.25) is 4.79 Å². The molecule has 1 rings (SSSR count). The molecule has 0 fully saturated rings. The van der Waals surface area contributed by atoms with Crippen molar-refractivity contribution in [3.63, 3.8) is 0 Å². The molecule has 1 amide bonds. The number of hydrogen-bond acceptors (Lipinski definition) is 4. The van der Waals surface area contributed by atoms with Crippen LogP contribution in [0, 0.1) is 0 Å². The molecule has 0 radical (unpaired) electrons. The molecule has 0 aliphatic rings. The first-order valence-corrected chi connectivity index (χ1v) is 7.21. The van der Waals surface area contributed by atoms with Crippen molar-refractivity contribution in [2.24, 2.45) is 0 Å². The summed E-state index contributed by atoms with van der Waals surface area (Å²) in [5.74, 6) is -0.756. The van der Waals surface area contributed by atoms with Gasteiger partial charge in [0.05, 0.1) is 12.2 Å². The van der Waals surface area contributed by atoms with Crippen LogP contribution in [0.5, 0.6) is 0 Å². The van der Waals surface area contributed by atoms with E-state index < -0.39 is 11.6 Å². The second-order valence-corrected chi connectivity index (χ2v) is 5.65. The molecule has 0 aromatic heterocycles. The highest BCUT2D eigenvalue weighted by molar-refractivity contribution is 6.32. The highest BCUT2D eigenvalue weighted by Crippen LogP contribution is 2.33. The minimum absolute atomic E-state index is 0.266. The number of hydrogen-bond donors (Lipinski definition) is 2. The first-order valence-electron chi connectivity index (χ1n) is 6.84. The highest BCUT2D eigenvalue weighted by atomic mass is 35.5. The van der Waals surface area contributed by atoms with Crippen molar-refractivity contribution in [2.45, 2.75) is 33.3 Å². The van der Waals surface area contributed by atoms with Crippen LogP contribution in [0.1, 0.15) is 38.8 Å². The molecule has 0 unspecified atom stereocenters. The molecule has 22 heavy (non-hydrogen) atoms.